The Kier molecular flexibility index (Phi) is 3.67. The summed E-state index contributed by atoms with van der Waals surface area (Å²) in [7, 11) is 1.63. The molecule has 0 aliphatic rings. The molecule has 0 N–H and O–H groups in total. The fourth-order valence-electron chi connectivity index (χ4n) is 2.51. The SMILES string of the molecule is COc1ccc(C=O)cc1Cn1cc(Cl)c2ccccc21. The zero-order valence-electron chi connectivity index (χ0n) is 11.5. The van der Waals surface area contributed by atoms with Crippen molar-refractivity contribution in [2.24, 2.45) is 0 Å². The van der Waals surface area contributed by atoms with Crippen molar-refractivity contribution in [2.45, 2.75) is 6.54 Å². The third kappa shape index (κ3) is 2.52. The molecule has 0 unspecified atom stereocenters. The summed E-state index contributed by atoms with van der Waals surface area (Å²) in [6.07, 6.45) is 2.74. The van der Waals surface area contributed by atoms with Crippen molar-refractivity contribution in [2.75, 3.05) is 7.11 Å². The summed E-state index contributed by atoms with van der Waals surface area (Å²) < 4.78 is 7.43. The monoisotopic (exact) mass is 299 g/mol. The molecule has 0 radical (unpaired) electrons. The number of benzene rings is 2. The van der Waals surface area contributed by atoms with E-state index in [2.05, 4.69) is 4.57 Å². The normalized spacial score (nSPS) is 10.8. The molecular formula is C17H14ClNO2. The highest BCUT2D eigenvalue weighted by Crippen LogP contribution is 2.28. The molecule has 4 heteroatoms. The number of para-hydroxylation sites is 1. The van der Waals surface area contributed by atoms with Gasteiger partial charge in [-0.2, -0.15) is 0 Å². The number of carbonyl (C=O) groups is 1. The van der Waals surface area contributed by atoms with Gasteiger partial charge in [0.15, 0.2) is 0 Å². The third-order valence-corrected chi connectivity index (χ3v) is 3.82. The second-order valence-corrected chi connectivity index (χ2v) is 5.22. The first-order valence-electron chi connectivity index (χ1n) is 6.58. The van der Waals surface area contributed by atoms with Crippen LogP contribution in [0.15, 0.2) is 48.7 Å². The molecule has 1 heterocycles. The number of hydrogen-bond acceptors (Lipinski definition) is 2. The Morgan fingerprint density at radius 1 is 1.24 bits per heavy atom. The fraction of sp³-hybridized carbons (Fsp3) is 0.118. The molecule has 1 aromatic heterocycles. The molecule has 0 atom stereocenters. The van der Waals surface area contributed by atoms with Crippen LogP contribution >= 0.6 is 11.6 Å². The van der Waals surface area contributed by atoms with E-state index in [9.17, 15) is 4.79 Å². The predicted molar refractivity (Wildman–Crippen MR) is 84.4 cm³/mol. The van der Waals surface area contributed by atoms with Gasteiger partial charge in [-0.25, -0.2) is 0 Å². The van der Waals surface area contributed by atoms with E-state index in [1.165, 1.54) is 0 Å². The van der Waals surface area contributed by atoms with E-state index in [-0.39, 0.29) is 0 Å². The first-order chi connectivity index (χ1) is 10.2. The molecule has 3 aromatic rings. The Bertz CT molecular complexity index is 808. The van der Waals surface area contributed by atoms with Crippen molar-refractivity contribution >= 4 is 28.8 Å². The van der Waals surface area contributed by atoms with Crippen LogP contribution in [0, 0.1) is 0 Å². The molecule has 0 saturated heterocycles. The van der Waals surface area contributed by atoms with Gasteiger partial charge in [-0.15, -0.1) is 0 Å². The van der Waals surface area contributed by atoms with Crippen molar-refractivity contribution in [3.05, 3.63) is 64.8 Å². The molecule has 2 aromatic carbocycles. The quantitative estimate of drug-likeness (QED) is 0.677. The molecule has 0 amide bonds. The molecule has 0 fully saturated rings. The van der Waals surface area contributed by atoms with E-state index in [0.29, 0.717) is 12.1 Å². The molecule has 21 heavy (non-hydrogen) atoms. The van der Waals surface area contributed by atoms with Gasteiger partial charge in [0.25, 0.3) is 0 Å². The highest BCUT2D eigenvalue weighted by atomic mass is 35.5. The fourth-order valence-corrected chi connectivity index (χ4v) is 2.79. The molecule has 0 saturated carbocycles. The van der Waals surface area contributed by atoms with Crippen LogP contribution in [0.25, 0.3) is 10.9 Å². The lowest BCUT2D eigenvalue weighted by atomic mass is 10.1. The average molecular weight is 300 g/mol. The summed E-state index contributed by atoms with van der Waals surface area (Å²) >= 11 is 6.27. The Hall–Kier alpha value is -2.26. The minimum Gasteiger partial charge on any atom is -0.496 e. The van der Waals surface area contributed by atoms with E-state index in [0.717, 1.165) is 33.5 Å². The maximum Gasteiger partial charge on any atom is 0.150 e. The molecule has 0 aliphatic carbocycles. The third-order valence-electron chi connectivity index (χ3n) is 3.52. The number of hydrogen-bond donors (Lipinski definition) is 0. The van der Waals surface area contributed by atoms with Crippen molar-refractivity contribution in [1.82, 2.24) is 4.57 Å². The van der Waals surface area contributed by atoms with Crippen molar-refractivity contribution in [3.63, 3.8) is 0 Å². The summed E-state index contributed by atoms with van der Waals surface area (Å²) in [5, 5.41) is 1.74. The van der Waals surface area contributed by atoms with Crippen molar-refractivity contribution in [1.29, 1.82) is 0 Å². The van der Waals surface area contributed by atoms with Crippen LogP contribution in [0.4, 0.5) is 0 Å². The van der Waals surface area contributed by atoms with Gasteiger partial charge in [-0.05, 0) is 24.3 Å². The highest BCUT2D eigenvalue weighted by Gasteiger charge is 2.10. The number of methoxy groups -OCH3 is 1. The topological polar surface area (TPSA) is 31.2 Å². The van der Waals surface area contributed by atoms with Crippen LogP contribution in [-0.2, 0) is 6.54 Å². The number of aromatic nitrogens is 1. The maximum absolute atomic E-state index is 11.0. The number of fused-ring (bicyclic) bond motifs is 1. The van der Waals surface area contributed by atoms with Crippen LogP contribution in [-0.4, -0.2) is 18.0 Å². The lowest BCUT2D eigenvalue weighted by Crippen LogP contribution is -2.01. The smallest absolute Gasteiger partial charge is 0.150 e. The number of carbonyl (C=O) groups excluding carboxylic acids is 1. The Labute approximate surface area is 127 Å². The van der Waals surface area contributed by atoms with Gasteiger partial charge in [0.1, 0.15) is 12.0 Å². The minimum absolute atomic E-state index is 0.595. The van der Waals surface area contributed by atoms with Gasteiger partial charge in [0.2, 0.25) is 0 Å². The standard InChI is InChI=1S/C17H14ClNO2/c1-21-17-7-6-12(11-20)8-13(17)9-19-10-15(18)14-4-2-3-5-16(14)19/h2-8,10-11H,9H2,1H3. The summed E-state index contributed by atoms with van der Waals surface area (Å²) in [6.45, 7) is 0.595. The minimum atomic E-state index is 0.595. The highest BCUT2D eigenvalue weighted by molar-refractivity contribution is 6.35. The van der Waals surface area contributed by atoms with Gasteiger partial charge in [0.05, 0.1) is 18.7 Å². The second-order valence-electron chi connectivity index (χ2n) is 4.81. The number of halogens is 1. The largest absolute Gasteiger partial charge is 0.496 e. The molecule has 3 rings (SSSR count). The Balaban J connectivity index is 2.08. The summed E-state index contributed by atoms with van der Waals surface area (Å²) in [6, 6.07) is 13.4. The summed E-state index contributed by atoms with van der Waals surface area (Å²) in [5.74, 6) is 0.759. The zero-order chi connectivity index (χ0) is 14.8. The lowest BCUT2D eigenvalue weighted by Gasteiger charge is -2.11. The van der Waals surface area contributed by atoms with Gasteiger partial charge < -0.3 is 9.30 Å². The first-order valence-corrected chi connectivity index (χ1v) is 6.96. The molecule has 3 nitrogen and oxygen atoms in total. The number of nitrogens with zero attached hydrogens (tertiary/aromatic N) is 1. The van der Waals surface area contributed by atoms with Gasteiger partial charge in [-0.1, -0.05) is 29.8 Å². The lowest BCUT2D eigenvalue weighted by molar-refractivity contribution is 0.112. The Morgan fingerprint density at radius 3 is 2.81 bits per heavy atom. The van der Waals surface area contributed by atoms with E-state index in [1.54, 1.807) is 13.2 Å². The number of aldehydes is 1. The van der Waals surface area contributed by atoms with Gasteiger partial charge >= 0.3 is 0 Å². The number of rotatable bonds is 4. The second kappa shape index (κ2) is 5.62. The molecule has 0 aliphatic heterocycles. The molecule has 106 valence electrons. The van der Waals surface area contributed by atoms with E-state index in [4.69, 9.17) is 16.3 Å². The molecule has 0 bridgehead atoms. The van der Waals surface area contributed by atoms with Crippen molar-refractivity contribution in [3.8, 4) is 5.75 Å². The van der Waals surface area contributed by atoms with Crippen LogP contribution in [0.5, 0.6) is 5.75 Å². The molecule has 0 spiro atoms. The van der Waals surface area contributed by atoms with Gasteiger partial charge in [-0.3, -0.25) is 4.79 Å². The van der Waals surface area contributed by atoms with E-state index in [1.807, 2.05) is 42.6 Å². The van der Waals surface area contributed by atoms with Crippen LogP contribution < -0.4 is 4.74 Å². The molecular weight excluding hydrogens is 286 g/mol. The van der Waals surface area contributed by atoms with Crippen LogP contribution in [0.2, 0.25) is 5.02 Å². The van der Waals surface area contributed by atoms with E-state index >= 15 is 0 Å². The Morgan fingerprint density at radius 2 is 2.05 bits per heavy atom. The summed E-state index contributed by atoms with van der Waals surface area (Å²) in [4.78, 5) is 11.0. The zero-order valence-corrected chi connectivity index (χ0v) is 12.3. The predicted octanol–water partition coefficient (Wildman–Crippen LogP) is 4.16. The van der Waals surface area contributed by atoms with Crippen LogP contribution in [0.1, 0.15) is 15.9 Å². The maximum atomic E-state index is 11.0. The first kappa shape index (κ1) is 13.7. The van der Waals surface area contributed by atoms with Crippen LogP contribution in [0.3, 0.4) is 0 Å². The average Bonchev–Trinajstić information content (AvgIpc) is 2.84. The summed E-state index contributed by atoms with van der Waals surface area (Å²) in [5.41, 5.74) is 2.63. The van der Waals surface area contributed by atoms with Crippen molar-refractivity contribution < 1.29 is 9.53 Å². The van der Waals surface area contributed by atoms with E-state index < -0.39 is 0 Å². The number of ether oxygens (including phenoxy) is 1. The van der Waals surface area contributed by atoms with Gasteiger partial charge in [0, 0.05) is 28.2 Å².